The molecule has 126 valence electrons. The van der Waals surface area contributed by atoms with Gasteiger partial charge in [0.2, 0.25) is 0 Å². The Balaban J connectivity index is 2.14. The number of fused-ring (bicyclic) bond motifs is 1. The minimum absolute atomic E-state index is 0.249. The maximum Gasteiger partial charge on any atom is 0.146 e. The first-order chi connectivity index (χ1) is 11.8. The van der Waals surface area contributed by atoms with Crippen LogP contribution in [-0.2, 0) is 0 Å². The fraction of sp³-hybridized carbons (Fsp3) is 0.300. The molecule has 0 radical (unpaired) electrons. The minimum atomic E-state index is 0.249. The number of methoxy groups -OCH3 is 2. The molecule has 3 aromatic rings. The van der Waals surface area contributed by atoms with Crippen molar-refractivity contribution >= 4 is 10.9 Å². The summed E-state index contributed by atoms with van der Waals surface area (Å²) < 4.78 is 13.3. The Morgan fingerprint density at radius 3 is 2.50 bits per heavy atom. The molecule has 4 nitrogen and oxygen atoms in total. The largest absolute Gasteiger partial charge is 0.497 e. The van der Waals surface area contributed by atoms with Gasteiger partial charge in [-0.1, -0.05) is 30.3 Å². The van der Waals surface area contributed by atoms with Crippen LogP contribution in [0.1, 0.15) is 18.0 Å². The molecule has 0 amide bonds. The molecule has 0 bridgehead atoms. The van der Waals surface area contributed by atoms with Crippen molar-refractivity contribution in [2.75, 3.05) is 27.8 Å². The monoisotopic (exact) mass is 324 g/mol. The Hall–Kier alpha value is -2.46. The predicted molar refractivity (Wildman–Crippen MR) is 98.2 cm³/mol. The molecule has 1 atom stereocenters. The summed E-state index contributed by atoms with van der Waals surface area (Å²) in [7, 11) is 5.37. The lowest BCUT2D eigenvalue weighted by Crippen LogP contribution is -2.17. The molecule has 4 heteroatoms. The zero-order chi connectivity index (χ0) is 16.9. The predicted octanol–water partition coefficient (Wildman–Crippen LogP) is 3.86. The number of hydrogen-bond acceptors (Lipinski definition) is 3. The highest BCUT2D eigenvalue weighted by molar-refractivity contribution is 5.88. The molecule has 1 heterocycles. The molecule has 0 aliphatic heterocycles. The lowest BCUT2D eigenvalue weighted by Gasteiger charge is -2.22. The second-order valence-electron chi connectivity index (χ2n) is 5.81. The van der Waals surface area contributed by atoms with E-state index in [1.54, 1.807) is 14.2 Å². The van der Waals surface area contributed by atoms with E-state index >= 15 is 0 Å². The zero-order valence-electron chi connectivity index (χ0n) is 14.5. The van der Waals surface area contributed by atoms with Crippen molar-refractivity contribution < 1.29 is 9.47 Å². The van der Waals surface area contributed by atoms with E-state index in [2.05, 4.69) is 58.5 Å². The molecule has 0 aliphatic carbocycles. The van der Waals surface area contributed by atoms with Crippen molar-refractivity contribution in [3.05, 3.63) is 60.3 Å². The summed E-state index contributed by atoms with van der Waals surface area (Å²) in [5.41, 5.74) is 2.39. The van der Waals surface area contributed by atoms with Crippen LogP contribution in [0.5, 0.6) is 11.5 Å². The Labute approximate surface area is 143 Å². The van der Waals surface area contributed by atoms with E-state index in [4.69, 9.17) is 9.47 Å². The van der Waals surface area contributed by atoms with Gasteiger partial charge in [0.25, 0.3) is 0 Å². The van der Waals surface area contributed by atoms with Crippen molar-refractivity contribution in [2.45, 2.75) is 12.5 Å². The highest BCUT2D eigenvalue weighted by Crippen LogP contribution is 2.36. The minimum Gasteiger partial charge on any atom is -0.497 e. The molecule has 0 saturated heterocycles. The van der Waals surface area contributed by atoms with Crippen LogP contribution in [-0.4, -0.2) is 32.4 Å². The van der Waals surface area contributed by atoms with Crippen LogP contribution >= 0.6 is 0 Å². The first-order valence-corrected chi connectivity index (χ1v) is 8.20. The molecule has 0 aliphatic rings. The van der Waals surface area contributed by atoms with Gasteiger partial charge in [0.15, 0.2) is 0 Å². The number of nitrogens with one attached hydrogen (secondary N) is 1. The van der Waals surface area contributed by atoms with E-state index in [0.29, 0.717) is 0 Å². The third-order valence-corrected chi connectivity index (χ3v) is 4.39. The second kappa shape index (κ2) is 7.41. The second-order valence-corrected chi connectivity index (χ2v) is 5.81. The van der Waals surface area contributed by atoms with Gasteiger partial charge < -0.3 is 19.4 Å². The number of ether oxygens (including phenoxy) is 2. The van der Waals surface area contributed by atoms with Crippen molar-refractivity contribution in [2.24, 2.45) is 0 Å². The fourth-order valence-electron chi connectivity index (χ4n) is 3.20. The Bertz CT molecular complexity index is 796. The Kier molecular flexibility index (Phi) is 5.06. The summed E-state index contributed by atoms with van der Waals surface area (Å²) in [5.74, 6) is 1.64. The summed E-state index contributed by atoms with van der Waals surface area (Å²) in [6.45, 7) is 0.942. The third-order valence-electron chi connectivity index (χ3n) is 4.39. The van der Waals surface area contributed by atoms with E-state index in [1.807, 2.05) is 13.1 Å². The van der Waals surface area contributed by atoms with Crippen LogP contribution < -0.4 is 14.8 Å². The molecule has 3 rings (SSSR count). The summed E-state index contributed by atoms with van der Waals surface area (Å²) in [4.78, 5) is 0. The Morgan fingerprint density at radius 2 is 1.83 bits per heavy atom. The quantitative estimate of drug-likeness (QED) is 0.717. The number of rotatable bonds is 7. The highest BCUT2D eigenvalue weighted by Gasteiger charge is 2.18. The average molecular weight is 324 g/mol. The standard InChI is InChI=1S/C20H24N2O2/c1-21-11-9-18(15-7-5-4-6-8-15)22-12-10-16-13-17(23-2)14-19(24-3)20(16)22/h4-8,10,12-14,18,21H,9,11H2,1-3H3. The topological polar surface area (TPSA) is 35.4 Å². The van der Waals surface area contributed by atoms with Crippen molar-refractivity contribution in [3.63, 3.8) is 0 Å². The van der Waals surface area contributed by atoms with Crippen molar-refractivity contribution in [1.82, 2.24) is 9.88 Å². The lowest BCUT2D eigenvalue weighted by atomic mass is 10.0. The molecule has 24 heavy (non-hydrogen) atoms. The zero-order valence-corrected chi connectivity index (χ0v) is 14.5. The van der Waals surface area contributed by atoms with Gasteiger partial charge in [0, 0.05) is 17.6 Å². The fourth-order valence-corrected chi connectivity index (χ4v) is 3.20. The molecular formula is C20H24N2O2. The van der Waals surface area contributed by atoms with Crippen molar-refractivity contribution in [3.8, 4) is 11.5 Å². The average Bonchev–Trinajstić information content (AvgIpc) is 3.06. The van der Waals surface area contributed by atoms with Crippen LogP contribution in [0.4, 0.5) is 0 Å². The van der Waals surface area contributed by atoms with Gasteiger partial charge in [0.05, 0.1) is 25.8 Å². The van der Waals surface area contributed by atoms with Gasteiger partial charge >= 0.3 is 0 Å². The summed E-state index contributed by atoms with van der Waals surface area (Å²) in [6.07, 6.45) is 3.14. The number of benzene rings is 2. The van der Waals surface area contributed by atoms with E-state index in [-0.39, 0.29) is 6.04 Å². The highest BCUT2D eigenvalue weighted by atomic mass is 16.5. The SMILES string of the molecule is CNCCC(c1ccccc1)n1ccc2cc(OC)cc(OC)c21. The summed E-state index contributed by atoms with van der Waals surface area (Å²) >= 11 is 0. The molecule has 1 aromatic heterocycles. The first-order valence-electron chi connectivity index (χ1n) is 8.20. The number of nitrogens with zero attached hydrogens (tertiary/aromatic N) is 1. The maximum atomic E-state index is 5.64. The van der Waals surface area contributed by atoms with Crippen LogP contribution in [0.25, 0.3) is 10.9 Å². The van der Waals surface area contributed by atoms with E-state index in [1.165, 1.54) is 5.56 Å². The smallest absolute Gasteiger partial charge is 0.146 e. The molecule has 0 saturated carbocycles. The van der Waals surface area contributed by atoms with E-state index < -0.39 is 0 Å². The summed E-state index contributed by atoms with van der Waals surface area (Å²) in [5, 5.41) is 4.38. The van der Waals surface area contributed by atoms with Crippen molar-refractivity contribution in [1.29, 1.82) is 0 Å². The van der Waals surface area contributed by atoms with Crippen LogP contribution in [0.2, 0.25) is 0 Å². The summed E-state index contributed by atoms with van der Waals surface area (Å²) in [6, 6.07) is 17.0. The first kappa shape index (κ1) is 16.4. The van der Waals surface area contributed by atoms with Crippen LogP contribution in [0.15, 0.2) is 54.7 Å². The van der Waals surface area contributed by atoms with Gasteiger partial charge in [0.1, 0.15) is 11.5 Å². The van der Waals surface area contributed by atoms with Gasteiger partial charge in [-0.2, -0.15) is 0 Å². The Morgan fingerprint density at radius 1 is 1.04 bits per heavy atom. The maximum absolute atomic E-state index is 5.64. The van der Waals surface area contributed by atoms with Gasteiger partial charge in [-0.25, -0.2) is 0 Å². The molecule has 1 unspecified atom stereocenters. The molecule has 1 N–H and O–H groups in total. The van der Waals surface area contributed by atoms with Gasteiger partial charge in [-0.15, -0.1) is 0 Å². The van der Waals surface area contributed by atoms with Gasteiger partial charge in [-0.05, 0) is 37.7 Å². The molecular weight excluding hydrogens is 300 g/mol. The number of hydrogen-bond donors (Lipinski definition) is 1. The molecule has 0 fully saturated rings. The van der Waals surface area contributed by atoms with E-state index in [0.717, 1.165) is 35.4 Å². The normalized spacial score (nSPS) is 12.3. The third kappa shape index (κ3) is 3.10. The van der Waals surface area contributed by atoms with Gasteiger partial charge in [-0.3, -0.25) is 0 Å². The molecule has 0 spiro atoms. The van der Waals surface area contributed by atoms with Crippen LogP contribution in [0, 0.1) is 0 Å². The molecule has 2 aromatic carbocycles. The van der Waals surface area contributed by atoms with E-state index in [9.17, 15) is 0 Å². The van der Waals surface area contributed by atoms with Crippen LogP contribution in [0.3, 0.4) is 0 Å². The number of aromatic nitrogens is 1. The lowest BCUT2D eigenvalue weighted by molar-refractivity contribution is 0.395.